The molecule has 25 heavy (non-hydrogen) atoms. The first-order valence-corrected chi connectivity index (χ1v) is 11.4. The van der Waals surface area contributed by atoms with Crippen LogP contribution >= 0.6 is 11.3 Å². The summed E-state index contributed by atoms with van der Waals surface area (Å²) >= 11 is 1.79. The van der Waals surface area contributed by atoms with E-state index >= 15 is 0 Å². The number of sulfone groups is 1. The largest absolute Gasteiger partial charge is 0.360 e. The van der Waals surface area contributed by atoms with Crippen LogP contribution in [0.1, 0.15) is 0 Å². The lowest BCUT2D eigenvalue weighted by Gasteiger charge is -2.37. The molecule has 0 unspecified atom stereocenters. The van der Waals surface area contributed by atoms with Crippen LogP contribution < -0.4 is 10.2 Å². The van der Waals surface area contributed by atoms with Crippen molar-refractivity contribution in [2.24, 2.45) is 4.99 Å². The van der Waals surface area contributed by atoms with Gasteiger partial charge in [-0.1, -0.05) is 0 Å². The Balaban J connectivity index is 1.40. The maximum Gasteiger partial charge on any atom is 0.193 e. The van der Waals surface area contributed by atoms with Crippen molar-refractivity contribution in [3.63, 3.8) is 0 Å². The van der Waals surface area contributed by atoms with Gasteiger partial charge in [0.15, 0.2) is 15.8 Å². The number of rotatable bonds is 4. The fraction of sp³-hybridized carbons (Fsp3) is 0.688. The molecule has 0 spiro atoms. The molecule has 1 N–H and O–H groups in total. The first-order valence-electron chi connectivity index (χ1n) is 8.74. The van der Waals surface area contributed by atoms with Crippen LogP contribution in [0.4, 0.5) is 5.00 Å². The number of nitrogens with zero attached hydrogens (tertiary/aromatic N) is 4. The van der Waals surface area contributed by atoms with Gasteiger partial charge in [-0.15, -0.1) is 11.3 Å². The van der Waals surface area contributed by atoms with E-state index in [1.54, 1.807) is 11.3 Å². The Morgan fingerprint density at radius 3 is 2.52 bits per heavy atom. The summed E-state index contributed by atoms with van der Waals surface area (Å²) in [5, 5.41) is 6.88. The van der Waals surface area contributed by atoms with E-state index in [1.807, 2.05) is 7.05 Å². The molecule has 0 saturated carbocycles. The van der Waals surface area contributed by atoms with Crippen LogP contribution in [0.2, 0.25) is 0 Å². The molecule has 0 atom stereocenters. The zero-order chi connectivity index (χ0) is 17.7. The molecule has 0 radical (unpaired) electrons. The van der Waals surface area contributed by atoms with E-state index in [0.717, 1.165) is 45.2 Å². The summed E-state index contributed by atoms with van der Waals surface area (Å²) in [5.74, 6) is 1.51. The molecule has 0 amide bonds. The summed E-state index contributed by atoms with van der Waals surface area (Å²) in [4.78, 5) is 11.3. The molecule has 2 aliphatic rings. The van der Waals surface area contributed by atoms with Crippen LogP contribution in [0.15, 0.2) is 22.5 Å². The summed E-state index contributed by atoms with van der Waals surface area (Å²) in [6.07, 6.45) is 0. The lowest BCUT2D eigenvalue weighted by Crippen LogP contribution is -2.53. The van der Waals surface area contributed by atoms with Gasteiger partial charge in [-0.2, -0.15) is 0 Å². The molecule has 3 heterocycles. The van der Waals surface area contributed by atoms with Crippen LogP contribution in [-0.2, 0) is 9.84 Å². The van der Waals surface area contributed by atoms with Gasteiger partial charge >= 0.3 is 0 Å². The zero-order valence-electron chi connectivity index (χ0n) is 14.7. The van der Waals surface area contributed by atoms with Crippen LogP contribution in [0.25, 0.3) is 0 Å². The third-order valence-corrected chi connectivity index (χ3v) is 7.30. The fourth-order valence-electron chi connectivity index (χ4n) is 3.22. The van der Waals surface area contributed by atoms with Gasteiger partial charge in [0.05, 0.1) is 16.5 Å². The molecule has 0 aromatic carbocycles. The van der Waals surface area contributed by atoms with Crippen molar-refractivity contribution in [1.82, 2.24) is 15.1 Å². The molecule has 1 aromatic rings. The lowest BCUT2D eigenvalue weighted by atomic mass is 10.3. The van der Waals surface area contributed by atoms with E-state index in [4.69, 9.17) is 0 Å². The van der Waals surface area contributed by atoms with E-state index in [1.165, 1.54) is 5.00 Å². The minimum Gasteiger partial charge on any atom is -0.360 e. The Bertz CT molecular complexity index is 653. The standard InChI is InChI=1S/C16H27N5O2S2/c1-17-16(18-4-5-19-10-13-25(22,23)14-11-19)21-8-6-20(7-9-21)15-3-2-12-24-15/h2-3,12H,4-11,13-14H2,1H3,(H,17,18). The van der Waals surface area contributed by atoms with Crippen molar-refractivity contribution < 1.29 is 8.42 Å². The van der Waals surface area contributed by atoms with Gasteiger partial charge < -0.3 is 15.1 Å². The van der Waals surface area contributed by atoms with E-state index in [0.29, 0.717) is 13.1 Å². The van der Waals surface area contributed by atoms with Crippen LogP contribution in [0.5, 0.6) is 0 Å². The predicted molar refractivity (Wildman–Crippen MR) is 105 cm³/mol. The van der Waals surface area contributed by atoms with Gasteiger partial charge in [0.25, 0.3) is 0 Å². The topological polar surface area (TPSA) is 68.2 Å². The molecule has 2 saturated heterocycles. The van der Waals surface area contributed by atoms with Crippen LogP contribution in [0, 0.1) is 0 Å². The van der Waals surface area contributed by atoms with Crippen LogP contribution in [0.3, 0.4) is 0 Å². The van der Waals surface area contributed by atoms with Crippen molar-refractivity contribution in [2.45, 2.75) is 0 Å². The number of hydrogen-bond acceptors (Lipinski definition) is 6. The molecule has 0 aliphatic carbocycles. The van der Waals surface area contributed by atoms with E-state index in [2.05, 4.69) is 42.5 Å². The number of hydrogen-bond donors (Lipinski definition) is 1. The Labute approximate surface area is 154 Å². The highest BCUT2D eigenvalue weighted by Crippen LogP contribution is 2.22. The first kappa shape index (κ1) is 18.5. The summed E-state index contributed by atoms with van der Waals surface area (Å²) < 4.78 is 22.9. The highest BCUT2D eigenvalue weighted by Gasteiger charge is 2.22. The summed E-state index contributed by atoms with van der Waals surface area (Å²) in [7, 11) is -0.980. The van der Waals surface area contributed by atoms with E-state index in [9.17, 15) is 8.42 Å². The minimum atomic E-state index is -2.80. The molecule has 3 rings (SSSR count). The molecule has 2 fully saturated rings. The Morgan fingerprint density at radius 1 is 1.20 bits per heavy atom. The second-order valence-electron chi connectivity index (χ2n) is 6.39. The second kappa shape index (κ2) is 8.37. The van der Waals surface area contributed by atoms with Crippen molar-refractivity contribution in [1.29, 1.82) is 0 Å². The quantitative estimate of drug-likeness (QED) is 0.589. The van der Waals surface area contributed by atoms with Gasteiger partial charge in [-0.25, -0.2) is 8.42 Å². The second-order valence-corrected chi connectivity index (χ2v) is 9.62. The lowest BCUT2D eigenvalue weighted by molar-refractivity contribution is 0.296. The number of thiophene rings is 1. The van der Waals surface area contributed by atoms with Crippen molar-refractivity contribution in [2.75, 3.05) is 75.8 Å². The van der Waals surface area contributed by atoms with Crippen molar-refractivity contribution in [3.8, 4) is 0 Å². The Morgan fingerprint density at radius 2 is 1.92 bits per heavy atom. The maximum absolute atomic E-state index is 11.5. The number of nitrogens with one attached hydrogen (secondary N) is 1. The van der Waals surface area contributed by atoms with Crippen molar-refractivity contribution >= 4 is 32.1 Å². The number of piperazine rings is 1. The van der Waals surface area contributed by atoms with Crippen molar-refractivity contribution in [3.05, 3.63) is 17.5 Å². The molecule has 9 heteroatoms. The molecule has 140 valence electrons. The third kappa shape index (κ3) is 5.08. The highest BCUT2D eigenvalue weighted by atomic mass is 32.2. The van der Waals surface area contributed by atoms with Gasteiger partial charge in [0.1, 0.15) is 0 Å². The van der Waals surface area contributed by atoms with Gasteiger partial charge in [0.2, 0.25) is 0 Å². The molecule has 1 aromatic heterocycles. The average molecular weight is 386 g/mol. The molecule has 2 aliphatic heterocycles. The fourth-order valence-corrected chi connectivity index (χ4v) is 5.28. The van der Waals surface area contributed by atoms with Gasteiger partial charge in [-0.3, -0.25) is 9.89 Å². The SMILES string of the molecule is CN=C(NCCN1CCS(=O)(=O)CC1)N1CCN(c2cccs2)CC1. The number of aliphatic imine (C=N–C) groups is 1. The summed E-state index contributed by atoms with van der Waals surface area (Å²) in [6.45, 7) is 6.85. The first-order chi connectivity index (χ1) is 12.1. The van der Waals surface area contributed by atoms with Crippen LogP contribution in [-0.4, -0.2) is 95.1 Å². The Kier molecular flexibility index (Phi) is 6.19. The van der Waals surface area contributed by atoms with Gasteiger partial charge in [0, 0.05) is 59.4 Å². The number of guanidine groups is 1. The monoisotopic (exact) mass is 385 g/mol. The predicted octanol–water partition coefficient (Wildman–Crippen LogP) is 0.176. The summed E-state index contributed by atoms with van der Waals surface area (Å²) in [6, 6.07) is 4.27. The van der Waals surface area contributed by atoms with Gasteiger partial charge in [-0.05, 0) is 17.5 Å². The zero-order valence-corrected chi connectivity index (χ0v) is 16.4. The smallest absolute Gasteiger partial charge is 0.193 e. The Hall–Kier alpha value is -1.32. The average Bonchev–Trinajstić information content (AvgIpc) is 3.15. The minimum absolute atomic E-state index is 0.284. The summed E-state index contributed by atoms with van der Waals surface area (Å²) in [5.41, 5.74) is 0. The highest BCUT2D eigenvalue weighted by molar-refractivity contribution is 7.91. The molecule has 7 nitrogen and oxygen atoms in total. The normalized spacial score (nSPS) is 22.2. The van der Waals surface area contributed by atoms with E-state index < -0.39 is 9.84 Å². The molecular weight excluding hydrogens is 358 g/mol. The third-order valence-electron chi connectivity index (χ3n) is 4.76. The molecule has 0 bridgehead atoms. The number of anilines is 1. The van der Waals surface area contributed by atoms with E-state index in [-0.39, 0.29) is 11.5 Å². The molecular formula is C16H27N5O2S2. The maximum atomic E-state index is 11.5.